The number of nitrogens with one attached hydrogen (secondary N) is 1. The zero-order valence-corrected chi connectivity index (χ0v) is 15.4. The minimum Gasteiger partial charge on any atom is -0.488 e. The van der Waals surface area contributed by atoms with Crippen molar-refractivity contribution in [3.8, 4) is 5.75 Å². The van der Waals surface area contributed by atoms with Gasteiger partial charge in [-0.3, -0.25) is 14.5 Å². The monoisotopic (exact) mass is 357 g/mol. The normalized spacial score (nSPS) is 17.1. The number of para-hydroxylation sites is 1. The number of carbonyl (C=O) groups excluding carboxylic acids is 2. The van der Waals surface area contributed by atoms with Gasteiger partial charge in [-0.2, -0.15) is 0 Å². The number of hydrogen-bond acceptors (Lipinski definition) is 4. The van der Waals surface area contributed by atoms with Crippen LogP contribution in [0.1, 0.15) is 25.3 Å². The summed E-state index contributed by atoms with van der Waals surface area (Å²) in [4.78, 5) is 28.6. The molecule has 2 heterocycles. The maximum Gasteiger partial charge on any atom is 0.253 e. The van der Waals surface area contributed by atoms with Crippen LogP contribution >= 0.6 is 0 Å². The van der Waals surface area contributed by atoms with Gasteiger partial charge in [0.25, 0.3) is 5.91 Å². The second-order valence-electron chi connectivity index (χ2n) is 6.77. The number of fused-ring (bicyclic) bond motifs is 1. The summed E-state index contributed by atoms with van der Waals surface area (Å²) in [6, 6.07) is 7.74. The first-order valence-electron chi connectivity index (χ1n) is 9.38. The molecule has 0 saturated carbocycles. The Morgan fingerprint density at radius 2 is 1.92 bits per heavy atom. The van der Waals surface area contributed by atoms with Gasteiger partial charge in [0.1, 0.15) is 12.4 Å². The van der Waals surface area contributed by atoms with E-state index >= 15 is 0 Å². The predicted octanol–water partition coefficient (Wildman–Crippen LogP) is 1.52. The Balaban J connectivity index is 1.48. The number of piperazine rings is 1. The van der Waals surface area contributed by atoms with Crippen LogP contribution in [0.2, 0.25) is 0 Å². The van der Waals surface area contributed by atoms with E-state index in [1.54, 1.807) is 0 Å². The zero-order chi connectivity index (χ0) is 18.4. The molecular formula is C20H27N3O3. The molecule has 140 valence electrons. The lowest BCUT2D eigenvalue weighted by molar-refractivity contribution is -0.129. The van der Waals surface area contributed by atoms with Crippen molar-refractivity contribution in [3.63, 3.8) is 0 Å². The Labute approximate surface area is 154 Å². The number of amides is 2. The average molecular weight is 357 g/mol. The highest BCUT2D eigenvalue weighted by Gasteiger charge is 2.26. The summed E-state index contributed by atoms with van der Waals surface area (Å²) in [5.41, 5.74) is 1.64. The van der Waals surface area contributed by atoms with Gasteiger partial charge in [0.2, 0.25) is 5.91 Å². The number of carbonyl (C=O) groups is 2. The second kappa shape index (κ2) is 8.85. The van der Waals surface area contributed by atoms with Crippen molar-refractivity contribution in [1.82, 2.24) is 15.1 Å². The standard InChI is InChI=1S/C20H27N3O3/c1-2-3-8-21-19(24)14-22-9-11-23(12-10-22)20(25)17-13-16-6-4-5-7-18(16)26-15-17/h4-7,13H,2-3,8-12,14-15H2,1H3,(H,21,24). The summed E-state index contributed by atoms with van der Waals surface area (Å²) in [5, 5.41) is 2.94. The van der Waals surface area contributed by atoms with Crippen LogP contribution in [0.5, 0.6) is 5.75 Å². The summed E-state index contributed by atoms with van der Waals surface area (Å²) in [7, 11) is 0. The number of unbranched alkanes of at least 4 members (excludes halogenated alkanes) is 1. The van der Waals surface area contributed by atoms with E-state index in [0.717, 1.165) is 43.8 Å². The third-order valence-electron chi connectivity index (χ3n) is 4.79. The minimum absolute atomic E-state index is 0.0338. The van der Waals surface area contributed by atoms with Crippen molar-refractivity contribution in [2.75, 3.05) is 45.9 Å². The summed E-state index contributed by atoms with van der Waals surface area (Å²) in [6.45, 7) is 6.29. The molecule has 6 nitrogen and oxygen atoms in total. The van der Waals surface area contributed by atoms with Gasteiger partial charge in [0.15, 0.2) is 0 Å². The zero-order valence-electron chi connectivity index (χ0n) is 15.4. The Hall–Kier alpha value is -2.34. The van der Waals surface area contributed by atoms with Gasteiger partial charge in [0, 0.05) is 38.3 Å². The van der Waals surface area contributed by atoms with Crippen molar-refractivity contribution in [3.05, 3.63) is 35.4 Å². The number of benzene rings is 1. The molecule has 2 aliphatic heterocycles. The second-order valence-corrected chi connectivity index (χ2v) is 6.77. The van der Waals surface area contributed by atoms with Gasteiger partial charge >= 0.3 is 0 Å². The van der Waals surface area contributed by atoms with Crippen molar-refractivity contribution in [2.45, 2.75) is 19.8 Å². The highest BCUT2D eigenvalue weighted by molar-refractivity contribution is 5.99. The van der Waals surface area contributed by atoms with Crippen molar-refractivity contribution >= 4 is 17.9 Å². The third kappa shape index (κ3) is 4.64. The fraction of sp³-hybridized carbons (Fsp3) is 0.500. The molecule has 3 rings (SSSR count). The van der Waals surface area contributed by atoms with Crippen LogP contribution in [0.3, 0.4) is 0 Å². The van der Waals surface area contributed by atoms with Crippen molar-refractivity contribution in [2.24, 2.45) is 0 Å². The Kier molecular flexibility index (Phi) is 6.28. The van der Waals surface area contributed by atoms with Crippen LogP contribution in [0, 0.1) is 0 Å². The molecule has 1 saturated heterocycles. The first-order chi connectivity index (χ1) is 12.7. The van der Waals surface area contributed by atoms with Crippen LogP contribution in [-0.4, -0.2) is 67.5 Å². The fourth-order valence-electron chi connectivity index (χ4n) is 3.22. The molecular weight excluding hydrogens is 330 g/mol. The van der Waals surface area contributed by atoms with Gasteiger partial charge in [-0.25, -0.2) is 0 Å². The van der Waals surface area contributed by atoms with E-state index in [4.69, 9.17) is 4.74 Å². The lowest BCUT2D eigenvalue weighted by atomic mass is 10.1. The van der Waals surface area contributed by atoms with E-state index in [0.29, 0.717) is 31.8 Å². The highest BCUT2D eigenvalue weighted by atomic mass is 16.5. The topological polar surface area (TPSA) is 61.9 Å². The Morgan fingerprint density at radius 1 is 1.15 bits per heavy atom. The molecule has 0 atom stereocenters. The van der Waals surface area contributed by atoms with E-state index in [1.807, 2.05) is 35.2 Å². The fourth-order valence-corrected chi connectivity index (χ4v) is 3.22. The van der Waals surface area contributed by atoms with Gasteiger partial charge in [-0.1, -0.05) is 31.5 Å². The summed E-state index contributed by atoms with van der Waals surface area (Å²) < 4.78 is 5.69. The first kappa shape index (κ1) is 18.5. The highest BCUT2D eigenvalue weighted by Crippen LogP contribution is 2.26. The van der Waals surface area contributed by atoms with Gasteiger partial charge in [0.05, 0.1) is 12.1 Å². The van der Waals surface area contributed by atoms with Crippen LogP contribution in [0.15, 0.2) is 29.8 Å². The number of rotatable bonds is 6. The van der Waals surface area contributed by atoms with E-state index in [9.17, 15) is 9.59 Å². The lowest BCUT2D eigenvalue weighted by Crippen LogP contribution is -2.51. The number of hydrogen-bond donors (Lipinski definition) is 1. The average Bonchev–Trinajstić information content (AvgIpc) is 2.68. The van der Waals surface area contributed by atoms with Crippen LogP contribution in [0.4, 0.5) is 0 Å². The molecule has 0 aliphatic carbocycles. The molecule has 0 bridgehead atoms. The maximum atomic E-state index is 12.7. The smallest absolute Gasteiger partial charge is 0.253 e. The molecule has 0 radical (unpaired) electrons. The molecule has 2 aliphatic rings. The third-order valence-corrected chi connectivity index (χ3v) is 4.79. The van der Waals surface area contributed by atoms with Crippen LogP contribution in [0.25, 0.3) is 6.08 Å². The van der Waals surface area contributed by atoms with E-state index in [2.05, 4.69) is 17.1 Å². The van der Waals surface area contributed by atoms with E-state index < -0.39 is 0 Å². The molecule has 1 aromatic rings. The van der Waals surface area contributed by atoms with Crippen molar-refractivity contribution in [1.29, 1.82) is 0 Å². The number of nitrogens with zero attached hydrogens (tertiary/aromatic N) is 2. The quantitative estimate of drug-likeness (QED) is 0.784. The van der Waals surface area contributed by atoms with Crippen LogP contribution in [-0.2, 0) is 9.59 Å². The SMILES string of the molecule is CCCCNC(=O)CN1CCN(C(=O)C2=Cc3ccccc3OC2)CC1. The summed E-state index contributed by atoms with van der Waals surface area (Å²) >= 11 is 0. The minimum atomic E-state index is 0.0338. The van der Waals surface area contributed by atoms with Gasteiger partial charge < -0.3 is 15.0 Å². The Bertz CT molecular complexity index is 679. The molecule has 1 N–H and O–H groups in total. The van der Waals surface area contributed by atoms with Gasteiger partial charge in [-0.15, -0.1) is 0 Å². The molecule has 0 aromatic heterocycles. The number of ether oxygens (including phenoxy) is 1. The molecule has 6 heteroatoms. The predicted molar refractivity (Wildman–Crippen MR) is 101 cm³/mol. The van der Waals surface area contributed by atoms with E-state index in [1.165, 1.54) is 0 Å². The van der Waals surface area contributed by atoms with Crippen molar-refractivity contribution < 1.29 is 14.3 Å². The lowest BCUT2D eigenvalue weighted by Gasteiger charge is -2.35. The summed E-state index contributed by atoms with van der Waals surface area (Å²) in [5.74, 6) is 0.924. The molecule has 0 unspecified atom stereocenters. The molecule has 1 fully saturated rings. The maximum absolute atomic E-state index is 12.7. The molecule has 1 aromatic carbocycles. The first-order valence-corrected chi connectivity index (χ1v) is 9.38. The van der Waals surface area contributed by atoms with E-state index in [-0.39, 0.29) is 11.8 Å². The van der Waals surface area contributed by atoms with Gasteiger partial charge in [-0.05, 0) is 18.6 Å². The molecule has 26 heavy (non-hydrogen) atoms. The Morgan fingerprint density at radius 3 is 2.69 bits per heavy atom. The van der Waals surface area contributed by atoms with Crippen LogP contribution < -0.4 is 10.1 Å². The molecule has 2 amide bonds. The molecule has 0 spiro atoms. The summed E-state index contributed by atoms with van der Waals surface area (Å²) in [6.07, 6.45) is 4.01. The largest absolute Gasteiger partial charge is 0.488 e.